The molecule has 0 bridgehead atoms. The molecule has 0 unspecified atom stereocenters. The second-order valence-corrected chi connectivity index (χ2v) is 4.37. The second-order valence-electron chi connectivity index (χ2n) is 4.37. The maximum atomic E-state index is 11.8. The SMILES string of the molecule is NCCNc1cnn(CC(=O)Nc2ccccc2)c(=O)c1. The lowest BCUT2D eigenvalue weighted by Gasteiger charge is -2.08. The van der Waals surface area contributed by atoms with Gasteiger partial charge in [0.15, 0.2) is 0 Å². The summed E-state index contributed by atoms with van der Waals surface area (Å²) in [5, 5.41) is 9.60. The van der Waals surface area contributed by atoms with Gasteiger partial charge in [-0.1, -0.05) is 18.2 Å². The summed E-state index contributed by atoms with van der Waals surface area (Å²) >= 11 is 0. The molecule has 2 aromatic rings. The van der Waals surface area contributed by atoms with Crippen LogP contribution in [0.5, 0.6) is 0 Å². The van der Waals surface area contributed by atoms with Gasteiger partial charge in [-0.25, -0.2) is 4.68 Å². The van der Waals surface area contributed by atoms with Crippen LogP contribution in [0.4, 0.5) is 11.4 Å². The molecule has 2 rings (SSSR count). The van der Waals surface area contributed by atoms with Crippen molar-refractivity contribution >= 4 is 17.3 Å². The summed E-state index contributed by atoms with van der Waals surface area (Å²) in [6.07, 6.45) is 1.49. The summed E-state index contributed by atoms with van der Waals surface area (Å²) in [6, 6.07) is 10.4. The first-order valence-corrected chi connectivity index (χ1v) is 6.55. The van der Waals surface area contributed by atoms with E-state index in [9.17, 15) is 9.59 Å². The fourth-order valence-corrected chi connectivity index (χ4v) is 1.72. The number of anilines is 2. The summed E-state index contributed by atoms with van der Waals surface area (Å²) in [6.45, 7) is 0.882. The Balaban J connectivity index is 1.99. The Morgan fingerprint density at radius 2 is 2.00 bits per heavy atom. The zero-order chi connectivity index (χ0) is 15.1. The zero-order valence-corrected chi connectivity index (χ0v) is 11.5. The van der Waals surface area contributed by atoms with Crippen molar-refractivity contribution in [3.05, 3.63) is 52.9 Å². The lowest BCUT2D eigenvalue weighted by atomic mass is 10.3. The molecule has 1 aromatic carbocycles. The molecule has 0 saturated carbocycles. The number of aromatic nitrogens is 2. The summed E-state index contributed by atoms with van der Waals surface area (Å²) < 4.78 is 1.10. The fourth-order valence-electron chi connectivity index (χ4n) is 1.72. The van der Waals surface area contributed by atoms with Crippen molar-refractivity contribution in [3.63, 3.8) is 0 Å². The van der Waals surface area contributed by atoms with Crippen LogP contribution in [0.2, 0.25) is 0 Å². The maximum absolute atomic E-state index is 11.8. The van der Waals surface area contributed by atoms with E-state index in [1.165, 1.54) is 12.3 Å². The topological polar surface area (TPSA) is 102 Å². The number of carbonyl (C=O) groups excluding carboxylic acids is 1. The van der Waals surface area contributed by atoms with Crippen molar-refractivity contribution in [1.29, 1.82) is 0 Å². The molecule has 0 spiro atoms. The number of para-hydroxylation sites is 1. The van der Waals surface area contributed by atoms with Gasteiger partial charge in [-0.2, -0.15) is 5.10 Å². The number of amides is 1. The smallest absolute Gasteiger partial charge is 0.269 e. The molecule has 4 N–H and O–H groups in total. The van der Waals surface area contributed by atoms with E-state index in [0.29, 0.717) is 24.5 Å². The Labute approximate surface area is 121 Å². The molecule has 0 aliphatic rings. The van der Waals surface area contributed by atoms with E-state index in [2.05, 4.69) is 15.7 Å². The van der Waals surface area contributed by atoms with Gasteiger partial charge in [0, 0.05) is 24.8 Å². The van der Waals surface area contributed by atoms with Crippen LogP contribution in [0.15, 0.2) is 47.4 Å². The van der Waals surface area contributed by atoms with Gasteiger partial charge in [0.05, 0.1) is 11.9 Å². The molecule has 0 aliphatic heterocycles. The van der Waals surface area contributed by atoms with Gasteiger partial charge in [-0.05, 0) is 12.1 Å². The second kappa shape index (κ2) is 7.20. The minimum atomic E-state index is -0.347. The van der Waals surface area contributed by atoms with Gasteiger partial charge in [-0.3, -0.25) is 9.59 Å². The number of carbonyl (C=O) groups is 1. The quantitative estimate of drug-likeness (QED) is 0.707. The molecule has 0 aliphatic carbocycles. The number of nitrogens with two attached hydrogens (primary N) is 1. The average Bonchev–Trinajstić information content (AvgIpc) is 2.48. The third-order valence-corrected chi connectivity index (χ3v) is 2.69. The number of nitrogens with one attached hydrogen (secondary N) is 2. The molecular formula is C14H17N5O2. The number of hydrogen-bond donors (Lipinski definition) is 3. The third kappa shape index (κ3) is 4.43. The van der Waals surface area contributed by atoms with Crippen LogP contribution in [-0.4, -0.2) is 28.8 Å². The summed E-state index contributed by atoms with van der Waals surface area (Å²) in [7, 11) is 0. The van der Waals surface area contributed by atoms with E-state index in [0.717, 1.165) is 4.68 Å². The van der Waals surface area contributed by atoms with Crippen LogP contribution >= 0.6 is 0 Å². The molecule has 7 heteroatoms. The van der Waals surface area contributed by atoms with Crippen molar-refractivity contribution in [2.45, 2.75) is 6.54 Å². The highest BCUT2D eigenvalue weighted by Gasteiger charge is 2.06. The normalized spacial score (nSPS) is 10.1. The third-order valence-electron chi connectivity index (χ3n) is 2.69. The highest BCUT2D eigenvalue weighted by Crippen LogP contribution is 2.04. The standard InChI is InChI=1S/C14H17N5O2/c15-6-7-16-12-8-14(21)19(17-9-12)10-13(20)18-11-4-2-1-3-5-11/h1-5,8-9,16H,6-7,10,15H2,(H,18,20). The molecule has 0 radical (unpaired) electrons. The molecule has 0 saturated heterocycles. The Kier molecular flexibility index (Phi) is 5.05. The van der Waals surface area contributed by atoms with E-state index in [4.69, 9.17) is 5.73 Å². The van der Waals surface area contributed by atoms with Gasteiger partial charge in [-0.15, -0.1) is 0 Å². The van der Waals surface area contributed by atoms with E-state index < -0.39 is 0 Å². The number of hydrogen-bond acceptors (Lipinski definition) is 5. The first-order chi connectivity index (χ1) is 10.2. The van der Waals surface area contributed by atoms with Crippen LogP contribution in [0.3, 0.4) is 0 Å². The molecule has 1 amide bonds. The number of nitrogens with zero attached hydrogens (tertiary/aromatic N) is 2. The Bertz CT molecular complexity index is 654. The van der Waals surface area contributed by atoms with Crippen molar-refractivity contribution < 1.29 is 4.79 Å². The van der Waals surface area contributed by atoms with Crippen molar-refractivity contribution in [1.82, 2.24) is 9.78 Å². The average molecular weight is 287 g/mol. The van der Waals surface area contributed by atoms with E-state index in [1.807, 2.05) is 18.2 Å². The van der Waals surface area contributed by atoms with Gasteiger partial charge < -0.3 is 16.4 Å². The lowest BCUT2D eigenvalue weighted by Crippen LogP contribution is -2.29. The fraction of sp³-hybridized carbons (Fsp3) is 0.214. The van der Waals surface area contributed by atoms with Crippen LogP contribution in [0, 0.1) is 0 Å². The molecule has 7 nitrogen and oxygen atoms in total. The molecule has 0 atom stereocenters. The highest BCUT2D eigenvalue weighted by molar-refractivity contribution is 5.90. The Morgan fingerprint density at radius 3 is 2.67 bits per heavy atom. The van der Waals surface area contributed by atoms with Gasteiger partial charge in [0.25, 0.3) is 5.56 Å². The zero-order valence-electron chi connectivity index (χ0n) is 11.5. The Hall–Kier alpha value is -2.67. The largest absolute Gasteiger partial charge is 0.382 e. The lowest BCUT2D eigenvalue weighted by molar-refractivity contribution is -0.117. The van der Waals surface area contributed by atoms with E-state index in [-0.39, 0.29) is 18.0 Å². The predicted octanol–water partition coefficient (Wildman–Crippen LogP) is 0.253. The summed E-state index contributed by atoms with van der Waals surface area (Å²) in [5.41, 5.74) is 6.28. The first kappa shape index (κ1) is 14.7. The number of benzene rings is 1. The van der Waals surface area contributed by atoms with Crippen LogP contribution < -0.4 is 21.9 Å². The summed E-state index contributed by atoms with van der Waals surface area (Å²) in [5.74, 6) is -0.307. The van der Waals surface area contributed by atoms with E-state index >= 15 is 0 Å². The Morgan fingerprint density at radius 1 is 1.24 bits per heavy atom. The highest BCUT2D eigenvalue weighted by atomic mass is 16.2. The van der Waals surface area contributed by atoms with Crippen molar-refractivity contribution in [2.24, 2.45) is 5.73 Å². The van der Waals surface area contributed by atoms with Crippen molar-refractivity contribution in [3.8, 4) is 0 Å². The molecule has 110 valence electrons. The molecule has 21 heavy (non-hydrogen) atoms. The van der Waals surface area contributed by atoms with Crippen LogP contribution in [-0.2, 0) is 11.3 Å². The minimum absolute atomic E-state index is 0.134. The molecule has 1 heterocycles. The molecule has 0 fully saturated rings. The monoisotopic (exact) mass is 287 g/mol. The van der Waals surface area contributed by atoms with Crippen LogP contribution in [0.25, 0.3) is 0 Å². The van der Waals surface area contributed by atoms with Gasteiger partial charge in [0.1, 0.15) is 6.54 Å². The maximum Gasteiger partial charge on any atom is 0.269 e. The van der Waals surface area contributed by atoms with Gasteiger partial charge in [0.2, 0.25) is 5.91 Å². The first-order valence-electron chi connectivity index (χ1n) is 6.55. The van der Waals surface area contributed by atoms with E-state index in [1.54, 1.807) is 12.1 Å². The minimum Gasteiger partial charge on any atom is -0.382 e. The van der Waals surface area contributed by atoms with Gasteiger partial charge >= 0.3 is 0 Å². The molecule has 1 aromatic heterocycles. The number of rotatable bonds is 6. The van der Waals surface area contributed by atoms with Crippen molar-refractivity contribution in [2.75, 3.05) is 23.7 Å². The molecular weight excluding hydrogens is 270 g/mol. The predicted molar refractivity (Wildman–Crippen MR) is 81.1 cm³/mol. The summed E-state index contributed by atoms with van der Waals surface area (Å²) in [4.78, 5) is 23.7. The van der Waals surface area contributed by atoms with Crippen LogP contribution in [0.1, 0.15) is 0 Å².